The third-order valence-electron chi connectivity index (χ3n) is 6.98. The molecule has 0 bridgehead atoms. The summed E-state index contributed by atoms with van der Waals surface area (Å²) in [5, 5.41) is 2.98. The van der Waals surface area contributed by atoms with E-state index in [1.807, 2.05) is 54.6 Å². The summed E-state index contributed by atoms with van der Waals surface area (Å²) in [6, 6.07) is 26.0. The highest BCUT2D eigenvalue weighted by molar-refractivity contribution is 5.99. The van der Waals surface area contributed by atoms with Crippen molar-refractivity contribution < 1.29 is 33.3 Å². The van der Waals surface area contributed by atoms with Gasteiger partial charge in [-0.05, 0) is 53.1 Å². The van der Waals surface area contributed by atoms with Crippen LogP contribution in [0.5, 0.6) is 28.7 Å². The van der Waals surface area contributed by atoms with Crippen LogP contribution in [0.3, 0.4) is 0 Å². The van der Waals surface area contributed by atoms with Crippen molar-refractivity contribution >= 4 is 17.5 Å². The van der Waals surface area contributed by atoms with Crippen LogP contribution in [0.4, 0.5) is 5.69 Å². The van der Waals surface area contributed by atoms with Gasteiger partial charge in [-0.15, -0.1) is 0 Å². The summed E-state index contributed by atoms with van der Waals surface area (Å²) in [5.41, 5.74) is 2.62. The topological polar surface area (TPSA) is 95.6 Å². The average Bonchev–Trinajstić information content (AvgIpc) is 3.05. The molecule has 224 valence electrons. The number of ether oxygens (including phenoxy) is 5. The number of rotatable bonds is 13. The molecular formula is C34H36N2O7. The van der Waals surface area contributed by atoms with Crippen LogP contribution in [0, 0.1) is 0 Å². The van der Waals surface area contributed by atoms with Gasteiger partial charge in [0.1, 0.15) is 23.3 Å². The molecule has 2 amide bonds. The minimum atomic E-state index is -1.05. The van der Waals surface area contributed by atoms with E-state index in [4.69, 9.17) is 23.7 Å². The van der Waals surface area contributed by atoms with E-state index in [1.54, 1.807) is 55.5 Å². The first-order valence-corrected chi connectivity index (χ1v) is 13.6. The van der Waals surface area contributed by atoms with Crippen molar-refractivity contribution in [3.8, 4) is 28.7 Å². The van der Waals surface area contributed by atoms with E-state index in [1.165, 1.54) is 21.3 Å². The Balaban J connectivity index is 1.82. The molecule has 1 atom stereocenters. The molecule has 0 aliphatic heterocycles. The van der Waals surface area contributed by atoms with Crippen molar-refractivity contribution in [2.45, 2.75) is 19.0 Å². The van der Waals surface area contributed by atoms with E-state index in [0.717, 1.165) is 11.1 Å². The third kappa shape index (κ3) is 7.56. The molecule has 0 aliphatic carbocycles. The number of anilines is 1. The first kappa shape index (κ1) is 30.8. The summed E-state index contributed by atoms with van der Waals surface area (Å²) in [4.78, 5) is 30.0. The number of benzene rings is 4. The maximum Gasteiger partial charge on any atom is 0.251 e. The Morgan fingerprint density at radius 1 is 0.651 bits per heavy atom. The van der Waals surface area contributed by atoms with E-state index in [9.17, 15) is 9.59 Å². The lowest BCUT2D eigenvalue weighted by Gasteiger charge is -2.32. The van der Waals surface area contributed by atoms with Crippen LogP contribution in [0.25, 0.3) is 0 Å². The lowest BCUT2D eigenvalue weighted by atomic mass is 10.0. The van der Waals surface area contributed by atoms with Crippen LogP contribution in [0.15, 0.2) is 91.0 Å². The summed E-state index contributed by atoms with van der Waals surface area (Å²) in [6.45, 7) is 0.155. The fraction of sp³-hybridized carbons (Fsp3) is 0.235. The number of hydrogen-bond acceptors (Lipinski definition) is 7. The van der Waals surface area contributed by atoms with Gasteiger partial charge in [0, 0.05) is 12.6 Å². The molecule has 9 heteroatoms. The normalized spacial score (nSPS) is 11.2. The lowest BCUT2D eigenvalue weighted by molar-refractivity contribution is -0.139. The minimum absolute atomic E-state index is 0.0971. The fourth-order valence-corrected chi connectivity index (χ4v) is 4.72. The van der Waals surface area contributed by atoms with E-state index >= 15 is 0 Å². The van der Waals surface area contributed by atoms with Gasteiger partial charge < -0.3 is 33.9 Å². The Labute approximate surface area is 251 Å². The van der Waals surface area contributed by atoms with Crippen molar-refractivity contribution in [2.24, 2.45) is 0 Å². The van der Waals surface area contributed by atoms with E-state index in [2.05, 4.69) is 5.32 Å². The fourth-order valence-electron chi connectivity index (χ4n) is 4.72. The molecule has 1 N–H and O–H groups in total. The zero-order valence-corrected chi connectivity index (χ0v) is 25.0. The van der Waals surface area contributed by atoms with Crippen LogP contribution in [-0.2, 0) is 22.6 Å². The molecule has 0 aromatic heterocycles. The summed E-state index contributed by atoms with van der Waals surface area (Å²) in [6.07, 6.45) is 0.0971. The lowest BCUT2D eigenvalue weighted by Crippen LogP contribution is -2.41. The van der Waals surface area contributed by atoms with Gasteiger partial charge >= 0.3 is 0 Å². The van der Waals surface area contributed by atoms with Crippen molar-refractivity contribution in [1.29, 1.82) is 0 Å². The molecule has 4 aromatic rings. The van der Waals surface area contributed by atoms with Crippen LogP contribution < -0.4 is 29.0 Å². The number of amides is 2. The second-order valence-electron chi connectivity index (χ2n) is 9.60. The highest BCUT2D eigenvalue weighted by atomic mass is 16.5. The Morgan fingerprint density at radius 2 is 1.30 bits per heavy atom. The third-order valence-corrected chi connectivity index (χ3v) is 6.98. The summed E-state index contributed by atoms with van der Waals surface area (Å²) in [7, 11) is 7.71. The minimum Gasteiger partial charge on any atom is -0.497 e. The van der Waals surface area contributed by atoms with Crippen molar-refractivity contribution in [1.82, 2.24) is 4.90 Å². The van der Waals surface area contributed by atoms with Crippen LogP contribution >= 0.6 is 0 Å². The van der Waals surface area contributed by atoms with Crippen LogP contribution in [0.1, 0.15) is 22.7 Å². The molecule has 9 nitrogen and oxygen atoms in total. The highest BCUT2D eigenvalue weighted by Crippen LogP contribution is 2.35. The molecule has 4 aromatic carbocycles. The molecule has 0 spiro atoms. The molecule has 0 unspecified atom stereocenters. The Hall–Kier alpha value is -5.18. The van der Waals surface area contributed by atoms with Gasteiger partial charge in [-0.2, -0.15) is 0 Å². The Kier molecular flexibility index (Phi) is 10.5. The number of carbonyl (C=O) groups is 2. The van der Waals surface area contributed by atoms with Gasteiger partial charge in [0.2, 0.25) is 5.91 Å². The average molecular weight is 585 g/mol. The maximum absolute atomic E-state index is 14.3. The van der Waals surface area contributed by atoms with E-state index < -0.39 is 11.9 Å². The van der Waals surface area contributed by atoms with Gasteiger partial charge in [-0.1, -0.05) is 48.5 Å². The first-order chi connectivity index (χ1) is 20.9. The number of hydrogen-bond donors (Lipinski definition) is 1. The summed E-state index contributed by atoms with van der Waals surface area (Å²) < 4.78 is 27.1. The van der Waals surface area contributed by atoms with Crippen LogP contribution in [0.2, 0.25) is 0 Å². The predicted octanol–water partition coefficient (Wildman–Crippen LogP) is 5.68. The van der Waals surface area contributed by atoms with Gasteiger partial charge in [0.25, 0.3) is 5.91 Å². The van der Waals surface area contributed by atoms with Crippen molar-refractivity contribution in [3.63, 3.8) is 0 Å². The smallest absolute Gasteiger partial charge is 0.251 e. The molecule has 4 rings (SSSR count). The van der Waals surface area contributed by atoms with E-state index in [-0.39, 0.29) is 18.9 Å². The van der Waals surface area contributed by atoms with E-state index in [0.29, 0.717) is 40.0 Å². The number of carbonyl (C=O) groups excluding carboxylic acids is 2. The molecule has 0 radical (unpaired) electrons. The first-order valence-electron chi connectivity index (χ1n) is 13.6. The van der Waals surface area contributed by atoms with Gasteiger partial charge in [-0.25, -0.2) is 0 Å². The molecule has 0 aliphatic rings. The van der Waals surface area contributed by atoms with Gasteiger partial charge in [0.05, 0.1) is 47.7 Å². The SMILES string of the molecule is COc1ccc(CN(C(=O)Cc2ccccc2)[C@@H](C(=O)Nc2ccc(OC)cc2OC)c2ccc(OC)c(OC)c2)cc1. The molecule has 0 saturated heterocycles. The predicted molar refractivity (Wildman–Crippen MR) is 164 cm³/mol. The molecule has 43 heavy (non-hydrogen) atoms. The molecular weight excluding hydrogens is 548 g/mol. The molecule has 0 fully saturated rings. The number of methoxy groups -OCH3 is 5. The standard InChI is InChI=1S/C34H36N2O7/c1-39-26-14-11-24(12-15-26)22-36(32(37)19-23-9-7-6-8-10-23)33(25-13-18-29(41-3)31(20-25)43-5)34(38)35-28-17-16-27(40-2)21-30(28)42-4/h6-18,20-21,33H,19,22H2,1-5H3,(H,35,38)/t33-/m1/s1. The molecule has 0 heterocycles. The highest BCUT2D eigenvalue weighted by Gasteiger charge is 2.33. The van der Waals surface area contributed by atoms with Gasteiger partial charge in [0.15, 0.2) is 11.5 Å². The zero-order chi connectivity index (χ0) is 30.8. The second-order valence-corrected chi connectivity index (χ2v) is 9.60. The number of nitrogens with one attached hydrogen (secondary N) is 1. The van der Waals surface area contributed by atoms with Gasteiger partial charge in [-0.3, -0.25) is 9.59 Å². The monoisotopic (exact) mass is 584 g/mol. The quantitative estimate of drug-likeness (QED) is 0.216. The largest absolute Gasteiger partial charge is 0.497 e. The van der Waals surface area contributed by atoms with Crippen molar-refractivity contribution in [3.05, 3.63) is 108 Å². The maximum atomic E-state index is 14.3. The Bertz CT molecular complexity index is 1520. The zero-order valence-electron chi connectivity index (χ0n) is 25.0. The Morgan fingerprint density at radius 3 is 1.93 bits per heavy atom. The second kappa shape index (κ2) is 14.6. The van der Waals surface area contributed by atoms with Crippen molar-refractivity contribution in [2.75, 3.05) is 40.9 Å². The summed E-state index contributed by atoms with van der Waals surface area (Å²) in [5.74, 6) is 1.93. The number of nitrogens with zero attached hydrogens (tertiary/aromatic N) is 1. The summed E-state index contributed by atoms with van der Waals surface area (Å²) >= 11 is 0. The molecule has 0 saturated carbocycles. The van der Waals surface area contributed by atoms with Crippen LogP contribution in [-0.4, -0.2) is 52.3 Å².